The third kappa shape index (κ3) is 10.7. The maximum absolute atomic E-state index is 14.9. The molecular formula is C48H22F24N8. The van der Waals surface area contributed by atoms with Crippen LogP contribution in [0, 0.1) is 0 Å². The third-order valence-electron chi connectivity index (χ3n) is 12.1. The topological polar surface area (TPSA) is 113 Å². The van der Waals surface area contributed by atoms with Gasteiger partial charge in [0.15, 0.2) is 0 Å². The van der Waals surface area contributed by atoms with Crippen LogP contribution in [0.2, 0.25) is 0 Å². The Morgan fingerprint density at radius 1 is 0.263 bits per heavy atom. The molecule has 0 fully saturated rings. The zero-order valence-electron chi connectivity index (χ0n) is 38.4. The number of aromatic amines is 4. The van der Waals surface area contributed by atoms with Gasteiger partial charge in [-0.05, 0) is 97.8 Å². The first-order chi connectivity index (χ1) is 36.7. The van der Waals surface area contributed by atoms with Crippen LogP contribution in [0.5, 0.6) is 0 Å². The van der Waals surface area contributed by atoms with Crippen molar-refractivity contribution in [1.29, 1.82) is 0 Å². The average molecular weight is 1170 g/mol. The molecule has 9 heterocycles. The molecule has 4 aromatic heterocycles. The first-order valence-electron chi connectivity index (χ1n) is 21.9. The van der Waals surface area contributed by atoms with Gasteiger partial charge in [-0.2, -0.15) is 105 Å². The molecule has 5 aliphatic heterocycles. The van der Waals surface area contributed by atoms with Crippen molar-refractivity contribution >= 4 is 67.4 Å². The van der Waals surface area contributed by atoms with Crippen LogP contribution in [0.25, 0.3) is 44.6 Å². The number of H-pyrrole nitrogens is 4. The Kier molecular flexibility index (Phi) is 13.2. The molecule has 32 heteroatoms. The summed E-state index contributed by atoms with van der Waals surface area (Å²) < 4.78 is 357. The van der Waals surface area contributed by atoms with E-state index in [-0.39, 0.29) is 36.5 Å². The molecule has 0 spiro atoms. The molecule has 0 aliphatic carbocycles. The number of nitrogens with zero attached hydrogens (tertiary/aromatic N) is 4. The summed E-state index contributed by atoms with van der Waals surface area (Å²) in [6.45, 7) is 0. The lowest BCUT2D eigenvalue weighted by Gasteiger charge is -2.14. The van der Waals surface area contributed by atoms with Gasteiger partial charge in [-0.3, -0.25) is 4.99 Å². The molecule has 4 N–H and O–H groups in total. The summed E-state index contributed by atoms with van der Waals surface area (Å²) in [4.78, 5) is 20.5. The van der Waals surface area contributed by atoms with Crippen LogP contribution in [0.1, 0.15) is 35.6 Å². The van der Waals surface area contributed by atoms with E-state index in [1.807, 2.05) is 0 Å². The molecule has 4 aromatic rings. The summed E-state index contributed by atoms with van der Waals surface area (Å²) in [5.74, 6) is 0. The van der Waals surface area contributed by atoms with Crippen molar-refractivity contribution in [3.63, 3.8) is 0 Å². The van der Waals surface area contributed by atoms with E-state index in [1.165, 1.54) is 0 Å². The van der Waals surface area contributed by atoms with Crippen LogP contribution < -0.4 is 21.4 Å². The average Bonchev–Trinajstić information content (AvgIpc) is 4.10. The monoisotopic (exact) mass is 1170 g/mol. The van der Waals surface area contributed by atoms with E-state index in [0.29, 0.717) is 48.5 Å². The Hall–Kier alpha value is -8.22. The molecule has 0 unspecified atom stereocenters. The molecule has 0 amide bonds. The normalized spacial score (nSPS) is 18.5. The summed E-state index contributed by atoms with van der Waals surface area (Å²) in [5.41, 5.74) is -33.2. The van der Waals surface area contributed by atoms with Gasteiger partial charge in [-0.15, -0.1) is 0 Å². The Morgan fingerprint density at radius 3 is 0.800 bits per heavy atom. The largest absolute Gasteiger partial charge is 0.420 e. The summed E-state index contributed by atoms with van der Waals surface area (Å²) >= 11 is 0. The van der Waals surface area contributed by atoms with Crippen molar-refractivity contribution in [2.24, 2.45) is 20.0 Å². The number of fused-ring (bicyclic) bond motifs is 12. The van der Waals surface area contributed by atoms with Crippen molar-refractivity contribution in [3.05, 3.63) is 152 Å². The highest BCUT2D eigenvalue weighted by atomic mass is 19.4. The summed E-state index contributed by atoms with van der Waals surface area (Å²) in [6.07, 6.45) is -46.2. The smallest absolute Gasteiger partial charge is 0.354 e. The number of allylic oxidation sites excluding steroid dienone is 11. The highest BCUT2D eigenvalue weighted by molar-refractivity contribution is 6.29. The van der Waals surface area contributed by atoms with Crippen LogP contribution in [0.15, 0.2) is 128 Å². The molecular weight excluding hydrogens is 1140 g/mol. The fourth-order valence-electron chi connectivity index (χ4n) is 9.10. The first kappa shape index (κ1) is 56.5. The summed E-state index contributed by atoms with van der Waals surface area (Å²) in [5, 5.41) is -5.42. The van der Waals surface area contributed by atoms with Gasteiger partial charge >= 0.3 is 49.4 Å². The third-order valence-corrected chi connectivity index (χ3v) is 12.1. The Balaban J connectivity index is 1.37. The summed E-state index contributed by atoms with van der Waals surface area (Å²) in [6, 6.07) is 2.54. The summed E-state index contributed by atoms with van der Waals surface area (Å²) in [7, 11) is 0. The van der Waals surface area contributed by atoms with E-state index in [0.717, 1.165) is 0 Å². The molecule has 0 saturated carbocycles. The van der Waals surface area contributed by atoms with Gasteiger partial charge in [0.2, 0.25) is 0 Å². The highest BCUT2D eigenvalue weighted by Gasteiger charge is 2.48. The lowest BCUT2D eigenvalue weighted by molar-refractivity contribution is -0.0710. The standard InChI is InChI=1S/C48H22F24N8/c49-41(50,51)33-17-1-2-18(73-17)34(42(52,53)54)20-5-6-22(75-20)36(44(58,59)60)24-9-10-26(77-24)38(46(64,65)66)28-13-14-30(79-28)40(48(70,71)72)32-16-15-31(80-32)39(47(67,68)69)29-12-11-27(78-29)37(45(61,62)63)25-8-7-23(76-25)35(43(55,56)57)21-4-3-19(33)74-21/h1-14,74-75,78-79H,15-16H2. The van der Waals surface area contributed by atoms with E-state index in [1.54, 1.807) is 19.9 Å². The van der Waals surface area contributed by atoms with Crippen molar-refractivity contribution < 1.29 is 105 Å². The van der Waals surface area contributed by atoms with Gasteiger partial charge in [-0.1, -0.05) is 0 Å². The van der Waals surface area contributed by atoms with Gasteiger partial charge in [0.25, 0.3) is 0 Å². The van der Waals surface area contributed by atoms with Crippen molar-refractivity contribution in [2.45, 2.75) is 62.3 Å². The van der Waals surface area contributed by atoms with E-state index >= 15 is 0 Å². The minimum Gasteiger partial charge on any atom is -0.354 e. The number of rotatable bonds is 0. The van der Waals surface area contributed by atoms with E-state index < -0.39 is 197 Å². The van der Waals surface area contributed by atoms with Gasteiger partial charge in [0.1, 0.15) is 44.6 Å². The number of nitrogens with one attached hydrogen (secondary N) is 4. The molecule has 0 aromatic carbocycles. The highest BCUT2D eigenvalue weighted by Crippen LogP contribution is 2.47. The lowest BCUT2D eigenvalue weighted by Crippen LogP contribution is -2.30. The van der Waals surface area contributed by atoms with Gasteiger partial charge in [0, 0.05) is 0 Å². The SMILES string of the molecule is FC(F)(F)C1=C2C=CC(=N2)C(C(F)(F)F)=c2ccc([nH]2)=C(C(F)(F)F)C2=NC(=C(C(F)(F)F)c3ccc([nH]3)C(C(F)(F)F)=C3CCC(=N3)C(C(F)(F)F)=c3ccc([nH]3)=C(C(F)(F)F)C3=NC(=C(C(F)(F)F)c4ccc1[nH]4)C=C3)C=C2. The Labute approximate surface area is 426 Å². The molecule has 8 nitrogen and oxygen atoms in total. The van der Waals surface area contributed by atoms with E-state index in [2.05, 4.69) is 20.0 Å². The number of aliphatic imine (C=N–C) groups is 4. The molecule has 422 valence electrons. The van der Waals surface area contributed by atoms with Crippen molar-refractivity contribution in [1.82, 2.24) is 19.9 Å². The van der Waals surface area contributed by atoms with Gasteiger partial charge in [0.05, 0.1) is 89.8 Å². The van der Waals surface area contributed by atoms with Gasteiger partial charge in [-0.25, -0.2) is 15.0 Å². The van der Waals surface area contributed by atoms with Crippen LogP contribution in [-0.4, -0.2) is 92.2 Å². The molecule has 0 atom stereocenters. The molecule has 0 radical (unpaired) electrons. The maximum Gasteiger partial charge on any atom is 0.420 e. The van der Waals surface area contributed by atoms with Crippen LogP contribution in [-0.2, 0) is 0 Å². The molecule has 0 saturated heterocycles. The molecule has 80 heavy (non-hydrogen) atoms. The first-order valence-corrected chi connectivity index (χ1v) is 21.9. The van der Waals surface area contributed by atoms with Crippen molar-refractivity contribution in [3.8, 4) is 0 Å². The Morgan fingerprint density at radius 2 is 0.525 bits per heavy atom. The minimum atomic E-state index is -5.74. The second-order valence-electron chi connectivity index (χ2n) is 17.3. The molecule has 5 aliphatic rings. The lowest BCUT2D eigenvalue weighted by atomic mass is 10.0. The predicted molar refractivity (Wildman–Crippen MR) is 238 cm³/mol. The van der Waals surface area contributed by atoms with Crippen molar-refractivity contribution in [2.75, 3.05) is 0 Å². The number of alkyl halides is 24. The predicted octanol–water partition coefficient (Wildman–Crippen LogP) is 12.3. The zero-order valence-corrected chi connectivity index (χ0v) is 38.4. The minimum absolute atomic E-state index is 0.275. The van der Waals surface area contributed by atoms with Gasteiger partial charge < -0.3 is 19.9 Å². The van der Waals surface area contributed by atoms with Crippen LogP contribution in [0.3, 0.4) is 0 Å². The number of halogens is 24. The molecule has 16 bridgehead atoms. The van der Waals surface area contributed by atoms with E-state index in [9.17, 15) is 105 Å². The molecule has 9 rings (SSSR count). The van der Waals surface area contributed by atoms with E-state index in [4.69, 9.17) is 0 Å². The Bertz CT molecular complexity index is 3910. The van der Waals surface area contributed by atoms with Crippen LogP contribution >= 0.6 is 0 Å². The second-order valence-corrected chi connectivity index (χ2v) is 17.3. The fourth-order valence-corrected chi connectivity index (χ4v) is 9.10. The van der Waals surface area contributed by atoms with Crippen LogP contribution in [0.4, 0.5) is 105 Å². The maximum atomic E-state index is 14.9. The zero-order chi connectivity index (χ0) is 58.8. The second kappa shape index (κ2) is 18.7. The number of hydrogen-bond donors (Lipinski definition) is 4. The number of aromatic nitrogens is 4. The fraction of sp³-hybridized carbons (Fsp3) is 0.208. The quantitative estimate of drug-likeness (QED) is 0.126. The number of hydrogen-bond acceptors (Lipinski definition) is 4.